The first-order chi connectivity index (χ1) is 18.7. The average molecular weight is 594 g/mol. The molecule has 2 atom stereocenters. The van der Waals surface area contributed by atoms with Gasteiger partial charge in [-0.05, 0) is 63.3 Å². The van der Waals surface area contributed by atoms with Crippen LogP contribution in [0.4, 0.5) is 8.78 Å². The third-order valence-corrected chi connectivity index (χ3v) is 12.4. The summed E-state index contributed by atoms with van der Waals surface area (Å²) in [6.07, 6.45) is 2.14. The number of hydrogen-bond donors (Lipinski definition) is 0. The number of hydrogen-bond acceptors (Lipinski definition) is 5. The van der Waals surface area contributed by atoms with E-state index in [0.29, 0.717) is 31.3 Å². The van der Waals surface area contributed by atoms with Gasteiger partial charge in [0, 0.05) is 38.4 Å². The van der Waals surface area contributed by atoms with Crippen LogP contribution in [0.15, 0.2) is 42.5 Å². The van der Waals surface area contributed by atoms with Crippen LogP contribution in [0.1, 0.15) is 61.5 Å². The third kappa shape index (κ3) is 6.57. The molecule has 1 aliphatic carbocycles. The Morgan fingerprint density at radius 1 is 1.07 bits per heavy atom. The molecule has 0 radical (unpaired) electrons. The monoisotopic (exact) mass is 593 g/mol. The zero-order valence-corrected chi connectivity index (χ0v) is 25.9. The molecule has 2 fully saturated rings. The molecule has 40 heavy (non-hydrogen) atoms. The summed E-state index contributed by atoms with van der Waals surface area (Å²) in [5.74, 6) is -1.45. The minimum atomic E-state index is -3.81. The highest BCUT2D eigenvalue weighted by molar-refractivity contribution is 7.89. The van der Waals surface area contributed by atoms with E-state index < -0.39 is 46.0 Å². The van der Waals surface area contributed by atoms with Gasteiger partial charge in [0.1, 0.15) is 30.0 Å². The molecule has 0 spiro atoms. The normalized spacial score (nSPS) is 28.7. The molecule has 2 aromatic carbocycles. The molecule has 0 N–H and O–H groups in total. The molecule has 2 unspecified atom stereocenters. The molecule has 0 bridgehead atoms. The standard InChI is InChI=1S/C30H41F2NO5SSi/c1-22-11-12-28(23-9-7-6-8-10-23)39(35,36)33(22)17-24-15-27(32)25(16-26(24)31)30(20-34)18-29(2,19-30)38-21-37-13-14-40(3,4)5/h6-10,15-16,20,22,28H,11-14,17-19,21H2,1-5H3/t22?,28?,29-,30+. The van der Waals surface area contributed by atoms with Crippen molar-refractivity contribution in [1.82, 2.24) is 4.31 Å². The van der Waals surface area contributed by atoms with Crippen LogP contribution < -0.4 is 0 Å². The van der Waals surface area contributed by atoms with Crippen LogP contribution in [0.3, 0.4) is 0 Å². The molecule has 4 rings (SSSR count). The second-order valence-corrected chi connectivity index (χ2v) is 20.6. The summed E-state index contributed by atoms with van der Waals surface area (Å²) in [7, 11) is -5.03. The van der Waals surface area contributed by atoms with E-state index in [4.69, 9.17) is 9.47 Å². The molecule has 2 aliphatic rings. The fourth-order valence-electron chi connectivity index (χ4n) is 5.95. The van der Waals surface area contributed by atoms with Crippen LogP contribution in [-0.4, -0.2) is 52.1 Å². The smallest absolute Gasteiger partial charge is 0.221 e. The van der Waals surface area contributed by atoms with Crippen LogP contribution in [0.5, 0.6) is 0 Å². The fourth-order valence-corrected chi connectivity index (χ4v) is 8.90. The quantitative estimate of drug-likeness (QED) is 0.132. The Balaban J connectivity index is 1.47. The highest BCUT2D eigenvalue weighted by Crippen LogP contribution is 2.52. The maximum absolute atomic E-state index is 15.5. The number of ether oxygens (including phenoxy) is 2. The third-order valence-electron chi connectivity index (χ3n) is 8.29. The van der Waals surface area contributed by atoms with Crippen molar-refractivity contribution in [2.75, 3.05) is 13.4 Å². The molecule has 1 saturated heterocycles. The van der Waals surface area contributed by atoms with E-state index in [9.17, 15) is 13.2 Å². The Bertz CT molecular complexity index is 1310. The van der Waals surface area contributed by atoms with E-state index in [1.807, 2.05) is 13.0 Å². The molecule has 10 heteroatoms. The van der Waals surface area contributed by atoms with Crippen LogP contribution in [0.25, 0.3) is 0 Å². The predicted molar refractivity (Wildman–Crippen MR) is 154 cm³/mol. The minimum absolute atomic E-state index is 0.0267. The van der Waals surface area contributed by atoms with Gasteiger partial charge in [-0.25, -0.2) is 17.2 Å². The fraction of sp³-hybridized carbons (Fsp3) is 0.567. The number of carbonyl (C=O) groups is 1. The Kier molecular flexibility index (Phi) is 9.07. The molecular weight excluding hydrogens is 552 g/mol. The SMILES string of the molecule is CC1CCC(c2ccccc2)S(=O)(=O)N1Cc1cc(F)c([C@]2(C=O)C[C@](C)(OCOCC[Si](C)(C)C)C2)cc1F. The van der Waals surface area contributed by atoms with Gasteiger partial charge in [0.2, 0.25) is 10.0 Å². The second-order valence-electron chi connectivity index (χ2n) is 12.9. The largest absolute Gasteiger partial charge is 0.356 e. The molecule has 1 aliphatic heterocycles. The number of rotatable bonds is 11. The first kappa shape index (κ1) is 31.0. The number of nitrogens with zero attached hydrogens (tertiary/aromatic N) is 1. The first-order valence-electron chi connectivity index (χ1n) is 13.9. The van der Waals surface area contributed by atoms with Crippen LogP contribution in [-0.2, 0) is 36.3 Å². The van der Waals surface area contributed by atoms with E-state index in [1.165, 1.54) is 4.31 Å². The highest BCUT2D eigenvalue weighted by atomic mass is 32.2. The van der Waals surface area contributed by atoms with Crippen molar-refractivity contribution < 1.29 is 31.5 Å². The van der Waals surface area contributed by atoms with Crippen molar-refractivity contribution in [1.29, 1.82) is 0 Å². The zero-order chi connectivity index (χ0) is 29.3. The van der Waals surface area contributed by atoms with E-state index in [-0.39, 0.29) is 43.3 Å². The van der Waals surface area contributed by atoms with E-state index in [1.54, 1.807) is 31.2 Å². The Morgan fingerprint density at radius 3 is 2.38 bits per heavy atom. The van der Waals surface area contributed by atoms with Crippen LogP contribution in [0, 0.1) is 11.6 Å². The molecule has 1 saturated carbocycles. The Morgan fingerprint density at radius 2 is 1.75 bits per heavy atom. The van der Waals surface area contributed by atoms with Crippen molar-refractivity contribution in [2.24, 2.45) is 0 Å². The van der Waals surface area contributed by atoms with Gasteiger partial charge in [0.25, 0.3) is 0 Å². The number of benzene rings is 2. The summed E-state index contributed by atoms with van der Waals surface area (Å²) < 4.78 is 70.8. The second kappa shape index (κ2) is 11.7. The summed E-state index contributed by atoms with van der Waals surface area (Å²) in [6.45, 7) is 10.8. The maximum Gasteiger partial charge on any atom is 0.221 e. The van der Waals surface area contributed by atoms with Gasteiger partial charge in [0.15, 0.2) is 0 Å². The molecule has 2 aromatic rings. The Labute approximate surface area is 238 Å². The lowest BCUT2D eigenvalue weighted by molar-refractivity contribution is -0.188. The van der Waals surface area contributed by atoms with Gasteiger partial charge >= 0.3 is 0 Å². The summed E-state index contributed by atoms with van der Waals surface area (Å²) in [5.41, 5.74) is -1.29. The van der Waals surface area contributed by atoms with Gasteiger partial charge < -0.3 is 14.3 Å². The first-order valence-corrected chi connectivity index (χ1v) is 19.1. The van der Waals surface area contributed by atoms with E-state index in [2.05, 4.69) is 19.6 Å². The number of aldehydes is 1. The van der Waals surface area contributed by atoms with Crippen molar-refractivity contribution in [2.45, 2.75) is 94.1 Å². The molecule has 0 amide bonds. The van der Waals surface area contributed by atoms with Crippen molar-refractivity contribution in [3.05, 3.63) is 70.8 Å². The van der Waals surface area contributed by atoms with Crippen LogP contribution in [0.2, 0.25) is 25.7 Å². The van der Waals surface area contributed by atoms with Gasteiger partial charge in [-0.3, -0.25) is 0 Å². The summed E-state index contributed by atoms with van der Waals surface area (Å²) in [4.78, 5) is 12.2. The lowest BCUT2D eigenvalue weighted by atomic mass is 9.57. The lowest BCUT2D eigenvalue weighted by Crippen LogP contribution is -2.56. The number of carbonyl (C=O) groups excluding carboxylic acids is 1. The Hall–Kier alpha value is -1.98. The lowest BCUT2D eigenvalue weighted by Gasteiger charge is -2.51. The number of halogens is 2. The molecular formula is C30H41F2NO5SSi. The molecule has 6 nitrogen and oxygen atoms in total. The van der Waals surface area contributed by atoms with Crippen molar-refractivity contribution in [3.8, 4) is 0 Å². The summed E-state index contributed by atoms with van der Waals surface area (Å²) in [6, 6.07) is 11.7. The summed E-state index contributed by atoms with van der Waals surface area (Å²) in [5, 5.41) is -0.734. The van der Waals surface area contributed by atoms with Gasteiger partial charge in [0.05, 0.1) is 11.0 Å². The minimum Gasteiger partial charge on any atom is -0.356 e. The van der Waals surface area contributed by atoms with Gasteiger partial charge in [-0.2, -0.15) is 4.31 Å². The average Bonchev–Trinajstić information content (AvgIpc) is 2.86. The molecule has 0 aromatic heterocycles. The van der Waals surface area contributed by atoms with Crippen molar-refractivity contribution >= 4 is 24.4 Å². The van der Waals surface area contributed by atoms with Crippen molar-refractivity contribution in [3.63, 3.8) is 0 Å². The topological polar surface area (TPSA) is 72.9 Å². The molecule has 220 valence electrons. The summed E-state index contributed by atoms with van der Waals surface area (Å²) >= 11 is 0. The van der Waals surface area contributed by atoms with E-state index >= 15 is 8.78 Å². The maximum atomic E-state index is 15.5. The zero-order valence-electron chi connectivity index (χ0n) is 24.1. The highest BCUT2D eigenvalue weighted by Gasteiger charge is 2.55. The molecule has 1 heterocycles. The van der Waals surface area contributed by atoms with Gasteiger partial charge in [-0.1, -0.05) is 50.0 Å². The number of sulfonamides is 1. The van der Waals surface area contributed by atoms with Crippen LogP contribution >= 0.6 is 0 Å². The predicted octanol–water partition coefficient (Wildman–Crippen LogP) is 6.34. The van der Waals surface area contributed by atoms with E-state index in [0.717, 1.165) is 18.2 Å². The van der Waals surface area contributed by atoms with Gasteiger partial charge in [-0.15, -0.1) is 0 Å².